The van der Waals surface area contributed by atoms with Crippen LogP contribution in [-0.4, -0.2) is 41.2 Å². The normalized spacial score (nSPS) is 19.5. The van der Waals surface area contributed by atoms with Crippen molar-refractivity contribution in [3.63, 3.8) is 0 Å². The predicted molar refractivity (Wildman–Crippen MR) is 67.1 cm³/mol. The lowest BCUT2D eigenvalue weighted by atomic mass is 10.1. The highest BCUT2D eigenvalue weighted by Crippen LogP contribution is 2.10. The molecule has 2 heterocycles. The van der Waals surface area contributed by atoms with Crippen LogP contribution < -0.4 is 5.32 Å². The average Bonchev–Trinajstić information content (AvgIpc) is 2.67. The van der Waals surface area contributed by atoms with E-state index in [9.17, 15) is 9.59 Å². The highest BCUT2D eigenvalue weighted by molar-refractivity contribution is 5.96. The molecule has 1 unspecified atom stereocenters. The maximum atomic E-state index is 12.0. The number of pyridine rings is 1. The number of aromatic nitrogens is 1. The molecule has 6 nitrogen and oxygen atoms in total. The highest BCUT2D eigenvalue weighted by atomic mass is 16.5. The molecule has 0 radical (unpaired) electrons. The molecule has 1 saturated heterocycles. The summed E-state index contributed by atoms with van der Waals surface area (Å²) in [6, 6.07) is 2.87. The van der Waals surface area contributed by atoms with E-state index in [4.69, 9.17) is 9.84 Å². The summed E-state index contributed by atoms with van der Waals surface area (Å²) in [6.07, 6.45) is 3.90. The zero-order chi connectivity index (χ0) is 13.7. The SMILES string of the molecule is O=C(NC1CCCOCC1)c1ccnc(C(=O)O)c1. The van der Waals surface area contributed by atoms with Crippen molar-refractivity contribution in [3.05, 3.63) is 29.6 Å². The standard InChI is InChI=1S/C13H16N2O4/c16-12(15-10-2-1-6-19-7-4-10)9-3-5-14-11(8-9)13(17)18/h3,5,8,10H,1-2,4,6-7H2,(H,15,16)(H,17,18). The fraction of sp³-hybridized carbons (Fsp3) is 0.462. The van der Waals surface area contributed by atoms with Crippen molar-refractivity contribution < 1.29 is 19.4 Å². The summed E-state index contributed by atoms with van der Waals surface area (Å²) < 4.78 is 5.32. The Morgan fingerprint density at radius 1 is 1.37 bits per heavy atom. The summed E-state index contributed by atoms with van der Waals surface area (Å²) in [5.41, 5.74) is 0.189. The van der Waals surface area contributed by atoms with Crippen molar-refractivity contribution in [2.75, 3.05) is 13.2 Å². The number of hydrogen-bond donors (Lipinski definition) is 2. The van der Waals surface area contributed by atoms with Gasteiger partial charge in [-0.2, -0.15) is 0 Å². The summed E-state index contributed by atoms with van der Waals surface area (Å²) in [7, 11) is 0. The maximum absolute atomic E-state index is 12.0. The molecule has 0 spiro atoms. The number of amides is 1. The zero-order valence-corrected chi connectivity index (χ0v) is 10.5. The Balaban J connectivity index is 2.02. The molecule has 0 aliphatic carbocycles. The van der Waals surface area contributed by atoms with Gasteiger partial charge in [-0.05, 0) is 31.4 Å². The number of carboxylic acids is 1. The Morgan fingerprint density at radius 2 is 2.21 bits per heavy atom. The van der Waals surface area contributed by atoms with Crippen LogP contribution >= 0.6 is 0 Å². The summed E-state index contributed by atoms with van der Waals surface area (Å²) in [6.45, 7) is 1.37. The first-order chi connectivity index (χ1) is 9.16. The van der Waals surface area contributed by atoms with Gasteiger partial charge in [-0.1, -0.05) is 0 Å². The molecule has 1 aliphatic rings. The number of carboxylic acid groups (broad SMARTS) is 1. The summed E-state index contributed by atoms with van der Waals surface area (Å²) >= 11 is 0. The second-order valence-corrected chi connectivity index (χ2v) is 4.45. The predicted octanol–water partition coefficient (Wildman–Crippen LogP) is 1.08. The average molecular weight is 264 g/mol. The Labute approximate surface area is 110 Å². The smallest absolute Gasteiger partial charge is 0.354 e. The quantitative estimate of drug-likeness (QED) is 0.852. The molecule has 0 saturated carbocycles. The number of ether oxygens (including phenoxy) is 1. The van der Waals surface area contributed by atoms with Gasteiger partial charge in [0.15, 0.2) is 0 Å². The number of rotatable bonds is 3. The van der Waals surface area contributed by atoms with Crippen LogP contribution in [0.5, 0.6) is 0 Å². The summed E-state index contributed by atoms with van der Waals surface area (Å²) in [5, 5.41) is 11.7. The van der Waals surface area contributed by atoms with E-state index in [1.807, 2.05) is 0 Å². The molecule has 1 aliphatic heterocycles. The van der Waals surface area contributed by atoms with Crippen LogP contribution in [0.1, 0.15) is 40.1 Å². The number of aromatic carboxylic acids is 1. The molecule has 2 N–H and O–H groups in total. The molecule has 6 heteroatoms. The van der Waals surface area contributed by atoms with Gasteiger partial charge in [0.25, 0.3) is 5.91 Å². The summed E-state index contributed by atoms with van der Waals surface area (Å²) in [5.74, 6) is -1.41. The molecule has 1 aromatic heterocycles. The lowest BCUT2D eigenvalue weighted by Gasteiger charge is -2.15. The molecule has 1 fully saturated rings. The summed E-state index contributed by atoms with van der Waals surface area (Å²) in [4.78, 5) is 26.5. The minimum atomic E-state index is -1.14. The molecule has 1 amide bonds. The Hall–Kier alpha value is -1.95. The van der Waals surface area contributed by atoms with Crippen LogP contribution in [0.25, 0.3) is 0 Å². The van der Waals surface area contributed by atoms with E-state index >= 15 is 0 Å². The molecule has 0 bridgehead atoms. The largest absolute Gasteiger partial charge is 0.477 e. The molecule has 0 aromatic carbocycles. The second-order valence-electron chi connectivity index (χ2n) is 4.45. The van der Waals surface area contributed by atoms with E-state index in [1.165, 1.54) is 18.3 Å². The molecule has 2 rings (SSSR count). The first-order valence-electron chi connectivity index (χ1n) is 6.25. The van der Waals surface area contributed by atoms with Crippen molar-refractivity contribution in [1.29, 1.82) is 0 Å². The first kappa shape index (κ1) is 13.5. The van der Waals surface area contributed by atoms with E-state index < -0.39 is 5.97 Å². The van der Waals surface area contributed by atoms with Gasteiger partial charge in [0.2, 0.25) is 0 Å². The fourth-order valence-corrected chi connectivity index (χ4v) is 2.01. The molecular formula is C13H16N2O4. The lowest BCUT2D eigenvalue weighted by Crippen LogP contribution is -2.35. The van der Waals surface area contributed by atoms with Crippen molar-refractivity contribution in [1.82, 2.24) is 10.3 Å². The van der Waals surface area contributed by atoms with E-state index in [-0.39, 0.29) is 17.6 Å². The third-order valence-corrected chi connectivity index (χ3v) is 3.03. The lowest BCUT2D eigenvalue weighted by molar-refractivity contribution is 0.0690. The third-order valence-electron chi connectivity index (χ3n) is 3.03. The number of nitrogens with zero attached hydrogens (tertiary/aromatic N) is 1. The molecule has 102 valence electrons. The van der Waals surface area contributed by atoms with Crippen molar-refractivity contribution in [2.24, 2.45) is 0 Å². The van der Waals surface area contributed by atoms with Crippen molar-refractivity contribution in [2.45, 2.75) is 25.3 Å². The Bertz CT molecular complexity index is 467. The topological polar surface area (TPSA) is 88.5 Å². The number of carbonyl (C=O) groups excluding carboxylic acids is 1. The second kappa shape index (κ2) is 6.29. The molecule has 1 aromatic rings. The van der Waals surface area contributed by atoms with Gasteiger partial charge < -0.3 is 15.2 Å². The number of nitrogens with one attached hydrogen (secondary N) is 1. The number of carbonyl (C=O) groups is 2. The highest BCUT2D eigenvalue weighted by Gasteiger charge is 2.17. The van der Waals surface area contributed by atoms with Gasteiger partial charge >= 0.3 is 5.97 Å². The van der Waals surface area contributed by atoms with Crippen LogP contribution in [0.15, 0.2) is 18.3 Å². The fourth-order valence-electron chi connectivity index (χ4n) is 2.01. The third kappa shape index (κ3) is 3.75. The van der Waals surface area contributed by atoms with Crippen LogP contribution in [0.3, 0.4) is 0 Å². The van der Waals surface area contributed by atoms with Gasteiger partial charge in [-0.3, -0.25) is 4.79 Å². The van der Waals surface area contributed by atoms with Crippen molar-refractivity contribution >= 4 is 11.9 Å². The van der Waals surface area contributed by atoms with Gasteiger partial charge in [-0.15, -0.1) is 0 Å². The van der Waals surface area contributed by atoms with E-state index in [0.717, 1.165) is 25.9 Å². The van der Waals surface area contributed by atoms with E-state index in [1.54, 1.807) is 0 Å². The Morgan fingerprint density at radius 3 is 3.00 bits per heavy atom. The van der Waals surface area contributed by atoms with Gasteiger partial charge in [-0.25, -0.2) is 9.78 Å². The van der Waals surface area contributed by atoms with Crippen LogP contribution in [0.4, 0.5) is 0 Å². The van der Waals surface area contributed by atoms with Crippen LogP contribution in [-0.2, 0) is 4.74 Å². The van der Waals surface area contributed by atoms with Crippen LogP contribution in [0.2, 0.25) is 0 Å². The van der Waals surface area contributed by atoms with E-state index in [0.29, 0.717) is 12.2 Å². The number of hydrogen-bond acceptors (Lipinski definition) is 4. The van der Waals surface area contributed by atoms with E-state index in [2.05, 4.69) is 10.3 Å². The monoisotopic (exact) mass is 264 g/mol. The maximum Gasteiger partial charge on any atom is 0.354 e. The Kier molecular flexibility index (Phi) is 4.46. The minimum absolute atomic E-state index is 0.0800. The van der Waals surface area contributed by atoms with Gasteiger partial charge in [0, 0.05) is 31.0 Å². The van der Waals surface area contributed by atoms with Crippen LogP contribution in [0, 0.1) is 0 Å². The van der Waals surface area contributed by atoms with Gasteiger partial charge in [0.1, 0.15) is 5.69 Å². The molecule has 1 atom stereocenters. The minimum Gasteiger partial charge on any atom is -0.477 e. The zero-order valence-electron chi connectivity index (χ0n) is 10.5. The first-order valence-corrected chi connectivity index (χ1v) is 6.25. The molecular weight excluding hydrogens is 248 g/mol. The van der Waals surface area contributed by atoms with Crippen molar-refractivity contribution in [3.8, 4) is 0 Å². The molecule has 19 heavy (non-hydrogen) atoms. The van der Waals surface area contributed by atoms with Gasteiger partial charge in [0.05, 0.1) is 0 Å².